The van der Waals surface area contributed by atoms with Gasteiger partial charge in [-0.05, 0) is 43.9 Å². The van der Waals surface area contributed by atoms with Gasteiger partial charge in [0.05, 0.1) is 16.8 Å². The first-order valence-electron chi connectivity index (χ1n) is 12.6. The van der Waals surface area contributed by atoms with E-state index in [1.165, 1.54) is 12.1 Å². The molecule has 2 aromatic heterocycles. The van der Waals surface area contributed by atoms with Crippen molar-refractivity contribution in [1.29, 1.82) is 0 Å². The maximum atomic E-state index is 12.9. The van der Waals surface area contributed by atoms with Crippen LogP contribution < -0.4 is 15.5 Å². The van der Waals surface area contributed by atoms with Gasteiger partial charge in [0, 0.05) is 67.2 Å². The van der Waals surface area contributed by atoms with Crippen molar-refractivity contribution in [3.63, 3.8) is 0 Å². The van der Waals surface area contributed by atoms with Crippen molar-refractivity contribution >= 4 is 22.4 Å². The molecular weight excluding hydrogens is 477 g/mol. The second kappa shape index (κ2) is 10.4. The molecule has 0 unspecified atom stereocenters. The second-order valence-electron chi connectivity index (χ2n) is 9.85. The lowest BCUT2D eigenvalue weighted by atomic mass is 9.91. The largest absolute Gasteiger partial charge is 0.416 e. The minimum absolute atomic E-state index is 0.360. The normalized spacial score (nSPS) is 18.2. The van der Waals surface area contributed by atoms with E-state index in [4.69, 9.17) is 4.98 Å². The molecule has 0 saturated heterocycles. The minimum Gasteiger partial charge on any atom is -0.377 e. The fourth-order valence-corrected chi connectivity index (χ4v) is 5.02. The molecule has 4 aromatic rings. The number of alkyl halides is 3. The molecule has 1 saturated carbocycles. The number of rotatable bonds is 7. The Morgan fingerprint density at radius 2 is 1.68 bits per heavy atom. The molecule has 0 bridgehead atoms. The number of hydrogen-bond donors (Lipinski definition) is 3. The number of anilines is 2. The lowest BCUT2D eigenvalue weighted by Gasteiger charge is -2.30. The molecule has 5 rings (SSSR count). The van der Waals surface area contributed by atoms with Gasteiger partial charge in [0.2, 0.25) is 0 Å². The number of nitrogens with one attached hydrogen (secondary N) is 3. The van der Waals surface area contributed by atoms with Gasteiger partial charge < -0.3 is 15.5 Å². The number of benzene rings is 2. The first-order chi connectivity index (χ1) is 17.8. The molecule has 3 N–H and O–H groups in total. The predicted octanol–water partition coefficient (Wildman–Crippen LogP) is 6.22. The average Bonchev–Trinajstić information content (AvgIpc) is 3.36. The number of H-pyrrole nitrogens is 1. The topological polar surface area (TPSA) is 68.9 Å². The molecule has 0 spiro atoms. The predicted molar refractivity (Wildman–Crippen MR) is 142 cm³/mol. The minimum atomic E-state index is -4.35. The molecule has 1 aliphatic rings. The third kappa shape index (κ3) is 5.72. The Labute approximate surface area is 214 Å². The van der Waals surface area contributed by atoms with Crippen molar-refractivity contribution < 1.29 is 13.2 Å². The molecule has 0 atom stereocenters. The van der Waals surface area contributed by atoms with E-state index in [0.717, 1.165) is 65.8 Å². The summed E-state index contributed by atoms with van der Waals surface area (Å²) in [5.41, 5.74) is 3.75. The summed E-state index contributed by atoms with van der Waals surface area (Å²) >= 11 is 0. The van der Waals surface area contributed by atoms with E-state index in [0.29, 0.717) is 29.9 Å². The highest BCUT2D eigenvalue weighted by atomic mass is 19.4. The van der Waals surface area contributed by atoms with Crippen LogP contribution in [-0.4, -0.2) is 41.4 Å². The van der Waals surface area contributed by atoms with Gasteiger partial charge in [0.1, 0.15) is 5.82 Å². The number of fused-ring (bicyclic) bond motifs is 1. The standard InChI is InChI=1S/C28H31F3N6/c1-37(2)25-15-26(35-24-6-4-3-5-23(24)25)34-22-13-11-21(12-14-22)32-16-19-17-33-36-27(19)18-7-9-20(10-8-18)28(29,30)31/h3-10,15,17,21-22,32H,11-14,16H2,1-2H3,(H,33,36)(H,34,35)/t21-,22+. The average molecular weight is 509 g/mol. The van der Waals surface area contributed by atoms with E-state index >= 15 is 0 Å². The zero-order chi connectivity index (χ0) is 26.0. The summed E-state index contributed by atoms with van der Waals surface area (Å²) in [6, 6.07) is 16.2. The molecule has 0 radical (unpaired) electrons. The Morgan fingerprint density at radius 3 is 2.38 bits per heavy atom. The van der Waals surface area contributed by atoms with Crippen molar-refractivity contribution in [2.24, 2.45) is 0 Å². The molecule has 1 fully saturated rings. The number of nitrogens with zero attached hydrogens (tertiary/aromatic N) is 3. The van der Waals surface area contributed by atoms with E-state index in [-0.39, 0.29) is 0 Å². The summed E-state index contributed by atoms with van der Waals surface area (Å²) < 4.78 is 38.7. The number of pyridine rings is 1. The number of aromatic nitrogens is 3. The van der Waals surface area contributed by atoms with Crippen molar-refractivity contribution in [2.75, 3.05) is 24.3 Å². The van der Waals surface area contributed by atoms with Crippen LogP contribution in [0.4, 0.5) is 24.7 Å². The zero-order valence-corrected chi connectivity index (χ0v) is 20.9. The van der Waals surface area contributed by atoms with Crippen LogP contribution in [0.5, 0.6) is 0 Å². The van der Waals surface area contributed by atoms with Crippen LogP contribution in [0.25, 0.3) is 22.2 Å². The SMILES string of the molecule is CN(C)c1cc(N[C@H]2CC[C@@H](NCc3c[nH]nc3-c3ccc(C(F)(F)F)cc3)CC2)nc2ccccc12. The van der Waals surface area contributed by atoms with Gasteiger partial charge in [-0.1, -0.05) is 30.3 Å². The summed E-state index contributed by atoms with van der Waals surface area (Å²) in [6.45, 7) is 0.605. The fourth-order valence-electron chi connectivity index (χ4n) is 5.02. The monoisotopic (exact) mass is 508 g/mol. The van der Waals surface area contributed by atoms with Gasteiger partial charge in [-0.15, -0.1) is 0 Å². The molecule has 9 heteroatoms. The summed E-state index contributed by atoms with van der Waals surface area (Å²) in [4.78, 5) is 6.95. The Bertz CT molecular complexity index is 1340. The van der Waals surface area contributed by atoms with Gasteiger partial charge in [-0.2, -0.15) is 18.3 Å². The van der Waals surface area contributed by atoms with E-state index in [1.807, 2.05) is 32.3 Å². The van der Waals surface area contributed by atoms with Crippen molar-refractivity contribution in [1.82, 2.24) is 20.5 Å². The number of para-hydroxylation sites is 1. The summed E-state index contributed by atoms with van der Waals surface area (Å²) in [6.07, 6.45) is 1.57. The van der Waals surface area contributed by atoms with Crippen LogP contribution in [0.3, 0.4) is 0 Å². The molecule has 37 heavy (non-hydrogen) atoms. The van der Waals surface area contributed by atoms with E-state index in [9.17, 15) is 13.2 Å². The van der Waals surface area contributed by atoms with Crippen LogP contribution >= 0.6 is 0 Å². The third-order valence-corrected chi connectivity index (χ3v) is 7.04. The second-order valence-corrected chi connectivity index (χ2v) is 9.85. The van der Waals surface area contributed by atoms with Crippen LogP contribution in [0, 0.1) is 0 Å². The van der Waals surface area contributed by atoms with Crippen molar-refractivity contribution in [2.45, 2.75) is 50.5 Å². The fraction of sp³-hybridized carbons (Fsp3) is 0.357. The van der Waals surface area contributed by atoms with Crippen molar-refractivity contribution in [3.05, 3.63) is 71.9 Å². The van der Waals surface area contributed by atoms with E-state index < -0.39 is 11.7 Å². The van der Waals surface area contributed by atoms with Gasteiger partial charge >= 0.3 is 6.18 Å². The van der Waals surface area contributed by atoms with Gasteiger partial charge in [0.15, 0.2) is 0 Å². The van der Waals surface area contributed by atoms with Crippen LogP contribution in [0.1, 0.15) is 36.8 Å². The first-order valence-corrected chi connectivity index (χ1v) is 12.6. The van der Waals surface area contributed by atoms with Crippen LogP contribution in [-0.2, 0) is 12.7 Å². The third-order valence-electron chi connectivity index (χ3n) is 7.04. The first kappa shape index (κ1) is 25.1. The van der Waals surface area contributed by atoms with Crippen LogP contribution in [0.2, 0.25) is 0 Å². The van der Waals surface area contributed by atoms with Crippen molar-refractivity contribution in [3.8, 4) is 11.3 Å². The molecule has 6 nitrogen and oxygen atoms in total. The lowest BCUT2D eigenvalue weighted by Crippen LogP contribution is -2.36. The lowest BCUT2D eigenvalue weighted by molar-refractivity contribution is -0.137. The maximum absolute atomic E-state index is 12.9. The highest BCUT2D eigenvalue weighted by molar-refractivity contribution is 5.93. The smallest absolute Gasteiger partial charge is 0.377 e. The number of hydrogen-bond acceptors (Lipinski definition) is 5. The highest BCUT2D eigenvalue weighted by Crippen LogP contribution is 2.32. The van der Waals surface area contributed by atoms with E-state index in [2.05, 4.69) is 37.9 Å². The number of aromatic amines is 1. The zero-order valence-electron chi connectivity index (χ0n) is 20.9. The quantitative estimate of drug-likeness (QED) is 0.276. The maximum Gasteiger partial charge on any atom is 0.416 e. The Morgan fingerprint density at radius 1 is 0.973 bits per heavy atom. The summed E-state index contributed by atoms with van der Waals surface area (Å²) in [5, 5.41) is 15.5. The van der Waals surface area contributed by atoms with Gasteiger partial charge in [0.25, 0.3) is 0 Å². The Kier molecular flexibility index (Phi) is 7.06. The number of halogens is 3. The van der Waals surface area contributed by atoms with Gasteiger partial charge in [-0.3, -0.25) is 5.10 Å². The van der Waals surface area contributed by atoms with Gasteiger partial charge in [-0.25, -0.2) is 4.98 Å². The molecule has 2 aromatic carbocycles. The summed E-state index contributed by atoms with van der Waals surface area (Å²) in [7, 11) is 4.09. The molecular formula is C28H31F3N6. The van der Waals surface area contributed by atoms with E-state index in [1.54, 1.807) is 6.20 Å². The molecule has 0 aliphatic heterocycles. The Hall–Kier alpha value is -3.59. The molecule has 0 amide bonds. The Balaban J connectivity index is 1.17. The highest BCUT2D eigenvalue weighted by Gasteiger charge is 2.30. The van der Waals surface area contributed by atoms with Crippen LogP contribution in [0.15, 0.2) is 60.8 Å². The molecule has 1 aliphatic carbocycles. The summed E-state index contributed by atoms with van der Waals surface area (Å²) in [5.74, 6) is 0.901. The molecule has 2 heterocycles. The molecule has 194 valence electrons.